The Kier molecular flexibility index (Phi) is 5.78. The molecule has 0 aliphatic carbocycles. The van der Waals surface area contributed by atoms with Crippen LogP contribution in [0.15, 0.2) is 46.0 Å². The van der Waals surface area contributed by atoms with Crippen LogP contribution in [0.4, 0.5) is 0 Å². The molecule has 0 aromatic heterocycles. The van der Waals surface area contributed by atoms with Crippen LogP contribution in [-0.4, -0.2) is 24.3 Å². The normalized spacial score (nSPS) is 10.7. The second-order valence-electron chi connectivity index (χ2n) is 4.25. The van der Waals surface area contributed by atoms with E-state index in [1.54, 1.807) is 37.4 Å². The molecule has 0 unspecified atom stereocenters. The van der Waals surface area contributed by atoms with Crippen molar-refractivity contribution in [1.29, 1.82) is 0 Å². The topological polar surface area (TPSA) is 70.9 Å². The molecule has 2 aromatic rings. The number of hydrogen-bond acceptors (Lipinski definition) is 4. The van der Waals surface area contributed by atoms with Gasteiger partial charge in [0.2, 0.25) is 0 Å². The number of phenolic OH excluding ortho intramolecular Hbond substituents is 1. The van der Waals surface area contributed by atoms with Gasteiger partial charge in [-0.15, -0.1) is 0 Å². The Morgan fingerprint density at radius 3 is 2.86 bits per heavy atom. The third-order valence-corrected chi connectivity index (χ3v) is 4.16. The van der Waals surface area contributed by atoms with Gasteiger partial charge in [0.15, 0.2) is 0 Å². The van der Waals surface area contributed by atoms with E-state index in [0.717, 1.165) is 8.04 Å². The fourth-order valence-electron chi connectivity index (χ4n) is 1.65. The fraction of sp³-hybridized carbons (Fsp3) is 0.0667. The van der Waals surface area contributed by atoms with Crippen molar-refractivity contribution in [2.75, 3.05) is 7.11 Å². The fourth-order valence-corrected chi connectivity index (χ4v) is 2.59. The molecule has 2 rings (SSSR count). The van der Waals surface area contributed by atoms with Gasteiger partial charge in [-0.3, -0.25) is 4.79 Å². The lowest BCUT2D eigenvalue weighted by atomic mass is 10.2. The van der Waals surface area contributed by atoms with Crippen molar-refractivity contribution >= 4 is 50.6 Å². The number of phenols is 1. The molecule has 0 aliphatic rings. The third kappa shape index (κ3) is 4.20. The van der Waals surface area contributed by atoms with E-state index in [9.17, 15) is 9.90 Å². The second kappa shape index (κ2) is 7.59. The predicted octanol–water partition coefficient (Wildman–Crippen LogP) is 3.53. The molecule has 0 fully saturated rings. The zero-order valence-electron chi connectivity index (χ0n) is 11.5. The standard InChI is InChI=1S/C15H12BrIN2O3/c1-22-14-7-9(2-4-12(14)17)15(21)19-18-8-10-6-11(16)3-5-13(10)20/h2-8,20H,1H3,(H,19,21). The maximum Gasteiger partial charge on any atom is 0.271 e. The number of methoxy groups -OCH3 is 1. The van der Waals surface area contributed by atoms with Gasteiger partial charge in [0, 0.05) is 15.6 Å². The molecule has 0 atom stereocenters. The summed E-state index contributed by atoms with van der Waals surface area (Å²) in [5.74, 6) is 0.347. The van der Waals surface area contributed by atoms with Crippen LogP contribution in [-0.2, 0) is 0 Å². The van der Waals surface area contributed by atoms with Crippen molar-refractivity contribution in [2.24, 2.45) is 5.10 Å². The summed E-state index contributed by atoms with van der Waals surface area (Å²) < 4.78 is 6.90. The van der Waals surface area contributed by atoms with E-state index in [2.05, 4.69) is 49.0 Å². The first kappa shape index (κ1) is 16.8. The van der Waals surface area contributed by atoms with Crippen LogP contribution in [0.3, 0.4) is 0 Å². The number of nitrogens with one attached hydrogen (secondary N) is 1. The number of carbonyl (C=O) groups is 1. The van der Waals surface area contributed by atoms with E-state index in [1.807, 2.05) is 0 Å². The number of ether oxygens (including phenoxy) is 1. The van der Waals surface area contributed by atoms with E-state index in [4.69, 9.17) is 4.74 Å². The van der Waals surface area contributed by atoms with Gasteiger partial charge in [-0.1, -0.05) is 15.9 Å². The van der Waals surface area contributed by atoms with Crippen LogP contribution in [0, 0.1) is 3.57 Å². The summed E-state index contributed by atoms with van der Waals surface area (Å²) in [7, 11) is 1.55. The summed E-state index contributed by atoms with van der Waals surface area (Å²) in [4.78, 5) is 12.0. The first-order chi connectivity index (χ1) is 10.5. The number of hydrazone groups is 1. The lowest BCUT2D eigenvalue weighted by molar-refractivity contribution is 0.0954. The van der Waals surface area contributed by atoms with Gasteiger partial charge in [0.05, 0.1) is 16.9 Å². The van der Waals surface area contributed by atoms with Crippen molar-refractivity contribution in [3.8, 4) is 11.5 Å². The summed E-state index contributed by atoms with van der Waals surface area (Å²) in [5.41, 5.74) is 3.34. The number of halogens is 2. The Hall–Kier alpha value is -1.61. The zero-order chi connectivity index (χ0) is 16.1. The van der Waals surface area contributed by atoms with E-state index in [-0.39, 0.29) is 11.7 Å². The average molecular weight is 475 g/mol. The van der Waals surface area contributed by atoms with Crippen molar-refractivity contribution in [3.63, 3.8) is 0 Å². The summed E-state index contributed by atoms with van der Waals surface area (Å²) in [6.07, 6.45) is 1.38. The molecule has 0 heterocycles. The number of aromatic hydroxyl groups is 1. The molecule has 22 heavy (non-hydrogen) atoms. The monoisotopic (exact) mass is 474 g/mol. The van der Waals surface area contributed by atoms with Crippen molar-refractivity contribution in [3.05, 3.63) is 55.6 Å². The van der Waals surface area contributed by atoms with Crippen LogP contribution in [0.2, 0.25) is 0 Å². The molecule has 114 valence electrons. The molecule has 0 bridgehead atoms. The summed E-state index contributed by atoms with van der Waals surface area (Å²) in [6, 6.07) is 10.1. The van der Waals surface area contributed by atoms with Crippen LogP contribution in [0.25, 0.3) is 0 Å². The minimum atomic E-state index is -0.361. The third-order valence-electron chi connectivity index (χ3n) is 2.77. The van der Waals surface area contributed by atoms with E-state index < -0.39 is 0 Å². The summed E-state index contributed by atoms with van der Waals surface area (Å²) >= 11 is 5.43. The second-order valence-corrected chi connectivity index (χ2v) is 6.33. The number of hydrogen-bond donors (Lipinski definition) is 2. The predicted molar refractivity (Wildman–Crippen MR) is 96.6 cm³/mol. The van der Waals surface area contributed by atoms with Gasteiger partial charge >= 0.3 is 0 Å². The molecule has 5 nitrogen and oxygen atoms in total. The number of benzene rings is 2. The molecule has 0 radical (unpaired) electrons. The molecule has 1 amide bonds. The highest BCUT2D eigenvalue weighted by Crippen LogP contribution is 2.22. The van der Waals surface area contributed by atoms with Gasteiger partial charge < -0.3 is 9.84 Å². The Morgan fingerprint density at radius 2 is 2.14 bits per heavy atom. The minimum absolute atomic E-state index is 0.0807. The first-order valence-electron chi connectivity index (χ1n) is 6.16. The number of carbonyl (C=O) groups excluding carboxylic acids is 1. The minimum Gasteiger partial charge on any atom is -0.507 e. The van der Waals surface area contributed by atoms with Crippen LogP contribution in [0.1, 0.15) is 15.9 Å². The molecule has 0 spiro atoms. The number of nitrogens with zero attached hydrogens (tertiary/aromatic N) is 1. The lowest BCUT2D eigenvalue weighted by Gasteiger charge is -2.05. The van der Waals surface area contributed by atoms with Gasteiger partial charge in [-0.2, -0.15) is 5.10 Å². The largest absolute Gasteiger partial charge is 0.507 e. The summed E-state index contributed by atoms with van der Waals surface area (Å²) in [5, 5.41) is 13.5. The Bertz CT molecular complexity index is 735. The van der Waals surface area contributed by atoms with Gasteiger partial charge in [-0.25, -0.2) is 5.43 Å². The average Bonchev–Trinajstić information content (AvgIpc) is 2.51. The van der Waals surface area contributed by atoms with Crippen molar-refractivity contribution in [1.82, 2.24) is 5.43 Å². The quantitative estimate of drug-likeness (QED) is 0.404. The highest BCUT2D eigenvalue weighted by atomic mass is 127. The Balaban J connectivity index is 2.09. The Morgan fingerprint density at radius 1 is 1.36 bits per heavy atom. The molecule has 7 heteroatoms. The highest BCUT2D eigenvalue weighted by Gasteiger charge is 2.08. The molecular formula is C15H12BrIN2O3. The smallest absolute Gasteiger partial charge is 0.271 e. The number of rotatable bonds is 4. The molecule has 2 N–H and O–H groups in total. The van der Waals surface area contributed by atoms with Crippen LogP contribution < -0.4 is 10.2 Å². The van der Waals surface area contributed by atoms with Gasteiger partial charge in [0.1, 0.15) is 11.5 Å². The highest BCUT2D eigenvalue weighted by molar-refractivity contribution is 14.1. The Labute approximate surface area is 149 Å². The maximum absolute atomic E-state index is 12.0. The molecule has 0 saturated carbocycles. The SMILES string of the molecule is COc1cc(C(=O)NN=Cc2cc(Br)ccc2O)ccc1I. The van der Waals surface area contributed by atoms with Gasteiger partial charge in [0.25, 0.3) is 5.91 Å². The van der Waals surface area contributed by atoms with Crippen LogP contribution >= 0.6 is 38.5 Å². The van der Waals surface area contributed by atoms with Gasteiger partial charge in [-0.05, 0) is 59.0 Å². The van der Waals surface area contributed by atoms with Crippen molar-refractivity contribution in [2.45, 2.75) is 0 Å². The van der Waals surface area contributed by atoms with E-state index in [1.165, 1.54) is 12.3 Å². The summed E-state index contributed by atoms with van der Waals surface area (Å²) in [6.45, 7) is 0. The molecule has 0 saturated heterocycles. The molecular weight excluding hydrogens is 463 g/mol. The van der Waals surface area contributed by atoms with Crippen LogP contribution in [0.5, 0.6) is 11.5 Å². The van der Waals surface area contributed by atoms with Crippen molar-refractivity contribution < 1.29 is 14.6 Å². The van der Waals surface area contributed by atoms with E-state index >= 15 is 0 Å². The molecule has 0 aliphatic heterocycles. The first-order valence-corrected chi connectivity index (χ1v) is 8.04. The maximum atomic E-state index is 12.0. The van der Waals surface area contributed by atoms with E-state index in [0.29, 0.717) is 16.9 Å². The molecule has 2 aromatic carbocycles. The lowest BCUT2D eigenvalue weighted by Crippen LogP contribution is -2.17. The zero-order valence-corrected chi connectivity index (χ0v) is 15.3. The number of amides is 1.